The van der Waals surface area contributed by atoms with Crippen LogP contribution in [0.2, 0.25) is 0 Å². The summed E-state index contributed by atoms with van der Waals surface area (Å²) < 4.78 is 84.5. The van der Waals surface area contributed by atoms with Crippen molar-refractivity contribution in [2.45, 2.75) is 13.2 Å². The van der Waals surface area contributed by atoms with Crippen molar-refractivity contribution in [3.63, 3.8) is 0 Å². The number of pyridine rings is 1. The highest BCUT2D eigenvalue weighted by atomic mass is 19.3. The van der Waals surface area contributed by atoms with Gasteiger partial charge in [-0.25, -0.2) is 19.8 Å². The summed E-state index contributed by atoms with van der Waals surface area (Å²) in [5.41, 5.74) is 1.15. The summed E-state index contributed by atoms with van der Waals surface area (Å²) in [5, 5.41) is 0. The van der Waals surface area contributed by atoms with E-state index in [-0.39, 0.29) is 23.0 Å². The number of rotatable bonds is 8. The average molecular weight is 425 g/mol. The van der Waals surface area contributed by atoms with E-state index in [9.17, 15) is 18.0 Å². The number of nitrogens with zero attached hydrogens (tertiary/aromatic N) is 3. The van der Waals surface area contributed by atoms with Crippen LogP contribution in [0.4, 0.5) is 13.2 Å². The molecule has 0 fully saturated rings. The van der Waals surface area contributed by atoms with Crippen molar-refractivity contribution < 1.29 is 39.1 Å². The Morgan fingerprint density at radius 3 is 2.87 bits per heavy atom. The maximum absolute atomic E-state index is 14.2. The lowest BCUT2D eigenvalue weighted by Gasteiger charge is -2.09. The van der Waals surface area contributed by atoms with E-state index < -0.39 is 37.5 Å². The van der Waals surface area contributed by atoms with Gasteiger partial charge in [-0.15, -0.1) is 0 Å². The molecule has 8 nitrogen and oxygen atoms in total. The number of carbonyl (C=O) groups is 1. The highest BCUT2D eigenvalue weighted by Gasteiger charge is 2.12. The van der Waals surface area contributed by atoms with Crippen LogP contribution < -0.4 is 15.0 Å². The molecule has 0 saturated heterocycles. The van der Waals surface area contributed by atoms with Crippen molar-refractivity contribution >= 4 is 5.91 Å². The van der Waals surface area contributed by atoms with Crippen LogP contribution in [0.1, 0.15) is 22.9 Å². The molecule has 0 radical (unpaired) electrons. The first-order valence-electron chi connectivity index (χ1n) is 10.5. The maximum atomic E-state index is 14.2. The summed E-state index contributed by atoms with van der Waals surface area (Å²) in [6.07, 6.45) is 3.45. The predicted molar refractivity (Wildman–Crippen MR) is 97.1 cm³/mol. The Morgan fingerprint density at radius 2 is 2.13 bits per heavy atom. The Kier molecular flexibility index (Phi) is 4.88. The second-order valence-electron chi connectivity index (χ2n) is 5.43. The van der Waals surface area contributed by atoms with Crippen LogP contribution in [0, 0.1) is 5.82 Å². The van der Waals surface area contributed by atoms with Crippen LogP contribution in [0.3, 0.4) is 0 Å². The van der Waals surface area contributed by atoms with Crippen molar-refractivity contribution in [3.8, 4) is 22.9 Å². The molecule has 30 heavy (non-hydrogen) atoms. The summed E-state index contributed by atoms with van der Waals surface area (Å²) in [4.78, 5) is 28.7. The first kappa shape index (κ1) is 15.2. The summed E-state index contributed by atoms with van der Waals surface area (Å²) in [6.45, 7) is -5.99. The lowest BCUT2D eigenvalue weighted by Crippen LogP contribution is -2.25. The molecule has 3 aromatic rings. The molecule has 0 aliphatic heterocycles. The van der Waals surface area contributed by atoms with Gasteiger partial charge in [0.15, 0.2) is 0 Å². The number of hydrogen-bond acceptors (Lipinski definition) is 7. The highest BCUT2D eigenvalue weighted by Crippen LogP contribution is 2.19. The molecular weight excluding hydrogens is 405 g/mol. The molecule has 2 aromatic heterocycles. The van der Waals surface area contributed by atoms with Gasteiger partial charge in [-0.2, -0.15) is 8.78 Å². The summed E-state index contributed by atoms with van der Waals surface area (Å²) >= 11 is 0. The number of hydroxylamine groups is 1. The Labute approximate surface area is 175 Å². The molecule has 0 bridgehead atoms. The molecule has 156 valence electrons. The number of benzene rings is 1. The van der Waals surface area contributed by atoms with Gasteiger partial charge in [-0.1, -0.05) is 0 Å². The number of hydrogen-bond donors (Lipinski definition) is 1. The molecule has 2 heterocycles. The number of nitrogens with one attached hydrogen (secondary N) is 1. The minimum absolute atomic E-state index is 0.123. The van der Waals surface area contributed by atoms with E-state index in [2.05, 4.69) is 24.4 Å². The minimum atomic E-state index is -3.05. The molecule has 11 heteroatoms. The van der Waals surface area contributed by atoms with Gasteiger partial charge in [0.05, 0.1) is 32.0 Å². The van der Waals surface area contributed by atoms with E-state index in [0.717, 1.165) is 36.7 Å². The zero-order valence-electron chi connectivity index (χ0n) is 19.8. The Morgan fingerprint density at radius 1 is 1.27 bits per heavy atom. The maximum Gasteiger partial charge on any atom is 0.388 e. The molecule has 0 unspecified atom stereocenters. The molecule has 0 atom stereocenters. The van der Waals surface area contributed by atoms with E-state index in [0.29, 0.717) is 5.56 Å². The zero-order chi connectivity index (χ0) is 25.8. The standard InChI is InChI=1S/C19H15F3N4O4/c1-28-13-3-4-14(20)12(6-13)10-29-26-18(27)16-9-23-8-15(25-16)11-2-5-17(24-7-11)30-19(21)22/h2-9,19H,10H2,1H3,(H,26,27)/i1D3,10D2. The fourth-order valence-corrected chi connectivity index (χ4v) is 2.13. The number of methoxy groups -OCH3 is 1. The molecular formula is C19H15F3N4O4. The van der Waals surface area contributed by atoms with Crippen LogP contribution in [0.15, 0.2) is 48.9 Å². The molecule has 1 amide bonds. The number of halogens is 3. The SMILES string of the molecule is [2H]C([2H])([2H])Oc1ccc(F)c(C([2H])([2H])ONC(=O)c2cncc(-c3ccc(OC(F)F)nc3)n2)c1. The largest absolute Gasteiger partial charge is 0.497 e. The van der Waals surface area contributed by atoms with Crippen molar-refractivity contribution in [2.24, 2.45) is 0 Å². The van der Waals surface area contributed by atoms with Gasteiger partial charge < -0.3 is 9.47 Å². The summed E-state index contributed by atoms with van der Waals surface area (Å²) in [5.74, 6) is -2.82. The molecule has 0 aliphatic rings. The summed E-state index contributed by atoms with van der Waals surface area (Å²) in [7, 11) is -2.85. The Bertz CT molecular complexity index is 1200. The van der Waals surface area contributed by atoms with Crippen LogP contribution in [0.25, 0.3) is 11.3 Å². The van der Waals surface area contributed by atoms with Crippen LogP contribution in [0.5, 0.6) is 11.6 Å². The monoisotopic (exact) mass is 425 g/mol. The fourth-order valence-electron chi connectivity index (χ4n) is 2.13. The first-order valence-corrected chi connectivity index (χ1v) is 8.05. The highest BCUT2D eigenvalue weighted by molar-refractivity contribution is 5.91. The Balaban J connectivity index is 1.72. The number of ether oxygens (including phenoxy) is 2. The number of alkyl halides is 2. The normalized spacial score (nSPS) is 14.1. The topological polar surface area (TPSA) is 95.5 Å². The quantitative estimate of drug-likeness (QED) is 0.554. The molecule has 0 spiro atoms. The predicted octanol–water partition coefficient (Wildman–Crippen LogP) is 3.15. The van der Waals surface area contributed by atoms with Crippen molar-refractivity contribution in [1.82, 2.24) is 20.4 Å². The third kappa shape index (κ3) is 5.41. The lowest BCUT2D eigenvalue weighted by molar-refractivity contribution is -0.0528. The number of amides is 1. The number of carbonyl (C=O) groups excluding carboxylic acids is 1. The van der Waals surface area contributed by atoms with E-state index in [1.54, 1.807) is 5.48 Å². The van der Waals surface area contributed by atoms with Crippen LogP contribution >= 0.6 is 0 Å². The first-order chi connectivity index (χ1) is 16.3. The molecule has 3 rings (SSSR count). The van der Waals surface area contributed by atoms with Gasteiger partial charge in [0.2, 0.25) is 5.88 Å². The third-order valence-electron chi connectivity index (χ3n) is 3.47. The molecule has 1 aromatic carbocycles. The van der Waals surface area contributed by atoms with Gasteiger partial charge in [-0.3, -0.25) is 14.6 Å². The zero-order valence-corrected chi connectivity index (χ0v) is 14.8. The van der Waals surface area contributed by atoms with Crippen molar-refractivity contribution in [2.75, 3.05) is 7.04 Å². The molecule has 0 saturated carbocycles. The van der Waals surface area contributed by atoms with Gasteiger partial charge in [0.1, 0.15) is 23.8 Å². The van der Waals surface area contributed by atoms with E-state index in [1.165, 1.54) is 12.3 Å². The van der Waals surface area contributed by atoms with Gasteiger partial charge in [-0.05, 0) is 24.3 Å². The van der Waals surface area contributed by atoms with Gasteiger partial charge in [0.25, 0.3) is 5.91 Å². The van der Waals surface area contributed by atoms with E-state index in [1.807, 2.05) is 0 Å². The van der Waals surface area contributed by atoms with Crippen molar-refractivity contribution in [1.29, 1.82) is 0 Å². The van der Waals surface area contributed by atoms with E-state index in [4.69, 9.17) is 11.7 Å². The second-order valence-corrected chi connectivity index (χ2v) is 5.43. The van der Waals surface area contributed by atoms with E-state index >= 15 is 0 Å². The average Bonchev–Trinajstić information content (AvgIpc) is 2.78. The second kappa shape index (κ2) is 9.65. The number of aromatic nitrogens is 3. The molecule has 1 N–H and O–H groups in total. The third-order valence-corrected chi connectivity index (χ3v) is 3.47. The van der Waals surface area contributed by atoms with Crippen LogP contribution in [-0.4, -0.2) is 34.5 Å². The van der Waals surface area contributed by atoms with Crippen LogP contribution in [-0.2, 0) is 11.4 Å². The smallest absolute Gasteiger partial charge is 0.388 e. The fraction of sp³-hybridized carbons (Fsp3) is 0.158. The summed E-state index contributed by atoms with van der Waals surface area (Å²) in [6, 6.07) is 5.06. The van der Waals surface area contributed by atoms with Gasteiger partial charge in [0, 0.05) is 23.4 Å². The molecule has 0 aliphatic carbocycles. The van der Waals surface area contributed by atoms with Crippen molar-refractivity contribution in [3.05, 3.63) is 66.0 Å². The Hall–Kier alpha value is -3.73. The minimum Gasteiger partial charge on any atom is -0.497 e. The lowest BCUT2D eigenvalue weighted by atomic mass is 10.2. The van der Waals surface area contributed by atoms with Gasteiger partial charge >= 0.3 is 6.61 Å².